The highest BCUT2D eigenvalue weighted by Gasteiger charge is 2.19. The molecular weight excluding hydrogens is 398 g/mol. The Balaban J connectivity index is 2.22. The van der Waals surface area contributed by atoms with Gasteiger partial charge in [-0.15, -0.1) is 0 Å². The lowest BCUT2D eigenvalue weighted by atomic mass is 10.0. The van der Waals surface area contributed by atoms with E-state index in [1.807, 2.05) is 0 Å². The van der Waals surface area contributed by atoms with Gasteiger partial charge in [0.25, 0.3) is 5.78 Å². The second-order valence-electron chi connectivity index (χ2n) is 5.56. The van der Waals surface area contributed by atoms with Crippen LogP contribution in [0.5, 0.6) is 5.75 Å². The van der Waals surface area contributed by atoms with E-state index in [1.165, 1.54) is 0 Å². The molecule has 5 nitrogen and oxygen atoms in total. The molecule has 0 aliphatic rings. The van der Waals surface area contributed by atoms with E-state index in [0.717, 1.165) is 10.0 Å². The van der Waals surface area contributed by atoms with E-state index >= 15 is 0 Å². The Morgan fingerprint density at radius 2 is 1.88 bits per heavy atom. The molecule has 0 radical (unpaired) electrons. The summed E-state index contributed by atoms with van der Waals surface area (Å²) in [5.41, 5.74) is 1.66. The average molecular weight is 414 g/mol. The van der Waals surface area contributed by atoms with Crippen molar-refractivity contribution in [3.8, 4) is 11.8 Å². The molecule has 0 bridgehead atoms. The van der Waals surface area contributed by atoms with E-state index in [9.17, 15) is 9.59 Å². The van der Waals surface area contributed by atoms with Gasteiger partial charge in [-0.25, -0.2) is 4.79 Å². The Kier molecular flexibility index (Phi) is 6.70. The topological polar surface area (TPSA) is 76.4 Å². The zero-order valence-corrected chi connectivity index (χ0v) is 15.7. The quantitative estimate of drug-likeness (QED) is 0.289. The minimum absolute atomic E-state index is 0.0971. The van der Waals surface area contributed by atoms with Crippen LogP contribution in [0.4, 0.5) is 0 Å². The highest BCUT2D eigenvalue weighted by molar-refractivity contribution is 9.10. The van der Waals surface area contributed by atoms with Crippen molar-refractivity contribution in [2.75, 3.05) is 6.61 Å². The van der Waals surface area contributed by atoms with Gasteiger partial charge in [0.1, 0.15) is 25.0 Å². The number of halogens is 1. The third-order valence-electron chi connectivity index (χ3n) is 3.35. The van der Waals surface area contributed by atoms with Gasteiger partial charge in [-0.1, -0.05) is 34.6 Å². The fraction of sp³-hybridized carbons (Fsp3) is 0.150. The molecule has 0 atom stereocenters. The fourth-order valence-electron chi connectivity index (χ4n) is 2.14. The maximum Gasteiger partial charge on any atom is 0.338 e. The third-order valence-corrected chi connectivity index (χ3v) is 3.88. The Morgan fingerprint density at radius 1 is 1.19 bits per heavy atom. The Morgan fingerprint density at radius 3 is 2.50 bits per heavy atom. The monoisotopic (exact) mass is 413 g/mol. The lowest BCUT2D eigenvalue weighted by Gasteiger charge is -2.13. The first-order chi connectivity index (χ1) is 12.4. The van der Waals surface area contributed by atoms with Gasteiger partial charge in [-0.05, 0) is 42.8 Å². The van der Waals surface area contributed by atoms with Crippen LogP contribution in [0, 0.1) is 11.3 Å². The van der Waals surface area contributed by atoms with Crippen molar-refractivity contribution in [3.05, 3.63) is 75.8 Å². The summed E-state index contributed by atoms with van der Waals surface area (Å²) in [6, 6.07) is 13.2. The van der Waals surface area contributed by atoms with Gasteiger partial charge >= 0.3 is 5.97 Å². The summed E-state index contributed by atoms with van der Waals surface area (Å²) in [5, 5.41) is 9.01. The number of nitriles is 1. The van der Waals surface area contributed by atoms with Crippen LogP contribution < -0.4 is 4.74 Å². The van der Waals surface area contributed by atoms with Gasteiger partial charge in [0.2, 0.25) is 0 Å². The molecule has 0 aliphatic heterocycles. The zero-order valence-electron chi connectivity index (χ0n) is 14.1. The number of rotatable bonds is 7. The minimum atomic E-state index is -0.753. The second-order valence-corrected chi connectivity index (χ2v) is 6.48. The maximum absolute atomic E-state index is 12.1. The molecule has 0 aromatic heterocycles. The van der Waals surface area contributed by atoms with Crippen LogP contribution >= 0.6 is 15.9 Å². The van der Waals surface area contributed by atoms with E-state index in [-0.39, 0.29) is 24.5 Å². The zero-order chi connectivity index (χ0) is 19.1. The third kappa shape index (κ3) is 5.04. The number of ketones is 1. The summed E-state index contributed by atoms with van der Waals surface area (Å²) in [7, 11) is 0. The predicted octanol–water partition coefficient (Wildman–Crippen LogP) is 4.47. The SMILES string of the molecule is C=C(C)COc1cccc(COC(=O)c2ccc(Br)cc2)c1C(=O)C#N. The number of carbonyl (C=O) groups excluding carboxylic acids is 2. The minimum Gasteiger partial charge on any atom is -0.488 e. The number of carbonyl (C=O) groups is 2. The normalized spacial score (nSPS) is 9.88. The van der Waals surface area contributed by atoms with Crippen LogP contribution in [0.1, 0.15) is 33.2 Å². The van der Waals surface area contributed by atoms with E-state index < -0.39 is 11.8 Å². The van der Waals surface area contributed by atoms with Crippen molar-refractivity contribution in [1.82, 2.24) is 0 Å². The lowest BCUT2D eigenvalue weighted by Crippen LogP contribution is -2.11. The standard InChI is InChI=1S/C20H16BrNO4/c1-13(2)11-25-18-5-3-4-15(19(18)17(23)10-22)12-26-20(24)14-6-8-16(21)9-7-14/h3-9H,1,11-12H2,2H3. The number of nitrogens with zero attached hydrogens (tertiary/aromatic N) is 1. The van der Waals surface area contributed by atoms with Gasteiger partial charge < -0.3 is 9.47 Å². The predicted molar refractivity (Wildman–Crippen MR) is 100.0 cm³/mol. The molecule has 0 N–H and O–H groups in total. The lowest BCUT2D eigenvalue weighted by molar-refractivity contribution is 0.0470. The van der Waals surface area contributed by atoms with Gasteiger partial charge in [0, 0.05) is 10.0 Å². The summed E-state index contributed by atoms with van der Waals surface area (Å²) in [6.07, 6.45) is 0. The molecule has 0 unspecified atom stereocenters. The first kappa shape index (κ1) is 19.4. The van der Waals surface area contributed by atoms with E-state index in [0.29, 0.717) is 11.1 Å². The van der Waals surface area contributed by atoms with Gasteiger partial charge in [0.15, 0.2) is 0 Å². The summed E-state index contributed by atoms with van der Waals surface area (Å²) < 4.78 is 11.7. The van der Waals surface area contributed by atoms with Crippen molar-refractivity contribution in [1.29, 1.82) is 5.26 Å². The maximum atomic E-state index is 12.1. The highest BCUT2D eigenvalue weighted by atomic mass is 79.9. The molecular formula is C20H16BrNO4. The van der Waals surface area contributed by atoms with Crippen LogP contribution in [0.2, 0.25) is 0 Å². The van der Waals surface area contributed by atoms with Crippen molar-refractivity contribution in [2.24, 2.45) is 0 Å². The first-order valence-corrected chi connectivity index (χ1v) is 8.48. The number of hydrogen-bond donors (Lipinski definition) is 0. The first-order valence-electron chi connectivity index (χ1n) is 7.68. The van der Waals surface area contributed by atoms with Crippen LogP contribution in [-0.4, -0.2) is 18.4 Å². The Hall–Kier alpha value is -2.91. The largest absolute Gasteiger partial charge is 0.488 e. The fourth-order valence-corrected chi connectivity index (χ4v) is 2.41. The average Bonchev–Trinajstić information content (AvgIpc) is 2.64. The van der Waals surface area contributed by atoms with Crippen molar-refractivity contribution in [3.63, 3.8) is 0 Å². The number of benzene rings is 2. The molecule has 0 saturated carbocycles. The molecule has 0 spiro atoms. The Labute approximate surface area is 160 Å². The molecule has 0 amide bonds. The molecule has 2 aromatic rings. The highest BCUT2D eigenvalue weighted by Crippen LogP contribution is 2.25. The molecule has 0 heterocycles. The molecule has 2 aromatic carbocycles. The number of ether oxygens (including phenoxy) is 2. The summed E-state index contributed by atoms with van der Waals surface area (Å²) in [4.78, 5) is 24.2. The number of esters is 1. The summed E-state index contributed by atoms with van der Waals surface area (Å²) >= 11 is 3.30. The molecule has 0 aliphatic carbocycles. The number of Topliss-reactive ketones (excluding diaryl/α,β-unsaturated/α-hetero) is 1. The smallest absolute Gasteiger partial charge is 0.338 e. The second kappa shape index (κ2) is 8.97. The number of hydrogen-bond acceptors (Lipinski definition) is 5. The molecule has 0 saturated heterocycles. The van der Waals surface area contributed by atoms with Gasteiger partial charge in [-0.3, -0.25) is 4.79 Å². The van der Waals surface area contributed by atoms with Crippen LogP contribution in [0.15, 0.2) is 59.1 Å². The van der Waals surface area contributed by atoms with Gasteiger partial charge in [-0.2, -0.15) is 5.26 Å². The summed E-state index contributed by atoms with van der Waals surface area (Å²) in [5.74, 6) is -1.02. The van der Waals surface area contributed by atoms with Crippen LogP contribution in [0.3, 0.4) is 0 Å². The Bertz CT molecular complexity index is 882. The molecule has 6 heteroatoms. The van der Waals surface area contributed by atoms with Gasteiger partial charge in [0.05, 0.1) is 11.1 Å². The molecule has 0 fully saturated rings. The van der Waals surface area contributed by atoms with Crippen LogP contribution in [0.25, 0.3) is 0 Å². The molecule has 132 valence electrons. The van der Waals surface area contributed by atoms with Crippen molar-refractivity contribution in [2.45, 2.75) is 13.5 Å². The van der Waals surface area contributed by atoms with Crippen molar-refractivity contribution < 1.29 is 19.1 Å². The van der Waals surface area contributed by atoms with Crippen molar-refractivity contribution >= 4 is 27.7 Å². The molecule has 26 heavy (non-hydrogen) atoms. The molecule has 2 rings (SSSR count). The van der Waals surface area contributed by atoms with E-state index in [1.54, 1.807) is 55.5 Å². The van der Waals surface area contributed by atoms with E-state index in [4.69, 9.17) is 14.7 Å². The summed E-state index contributed by atoms with van der Waals surface area (Å²) in [6.45, 7) is 5.59. The van der Waals surface area contributed by atoms with E-state index in [2.05, 4.69) is 22.5 Å². The van der Waals surface area contributed by atoms with Crippen LogP contribution in [-0.2, 0) is 11.3 Å².